The van der Waals surface area contributed by atoms with Crippen molar-refractivity contribution in [3.63, 3.8) is 0 Å². The van der Waals surface area contributed by atoms with Gasteiger partial charge in [0, 0.05) is 6.20 Å². The Bertz CT molecular complexity index is 489. The molecule has 84 valence electrons. The molecule has 0 amide bonds. The molecule has 0 bridgehead atoms. The molecule has 0 aliphatic heterocycles. The fourth-order valence-corrected chi connectivity index (χ4v) is 1.34. The van der Waals surface area contributed by atoms with Crippen LogP contribution in [0.25, 0.3) is 11.3 Å². The molecule has 2 heterocycles. The van der Waals surface area contributed by atoms with Crippen LogP contribution in [0.2, 0.25) is 5.02 Å². The molecule has 0 atom stereocenters. The van der Waals surface area contributed by atoms with Crippen molar-refractivity contribution in [2.75, 3.05) is 0 Å². The van der Waals surface area contributed by atoms with Crippen LogP contribution >= 0.6 is 11.6 Å². The number of hydrogen-bond acceptors (Lipinski definition) is 2. The van der Waals surface area contributed by atoms with E-state index in [1.165, 1.54) is 18.3 Å². The number of H-pyrrole nitrogens is 1. The van der Waals surface area contributed by atoms with Crippen LogP contribution in [0.5, 0.6) is 0 Å². The van der Waals surface area contributed by atoms with Crippen LogP contribution in [0, 0.1) is 0 Å². The first-order valence-electron chi connectivity index (χ1n) is 4.21. The lowest BCUT2D eigenvalue weighted by molar-refractivity contribution is -0.140. The second kappa shape index (κ2) is 3.79. The molecule has 0 fully saturated rings. The van der Waals surface area contributed by atoms with Crippen molar-refractivity contribution in [1.29, 1.82) is 0 Å². The van der Waals surface area contributed by atoms with Crippen molar-refractivity contribution in [3.05, 3.63) is 35.2 Å². The SMILES string of the molecule is FC(F)(F)c1[nH]ncc1-c1ccc(Cl)cn1. The normalized spacial score (nSPS) is 11.8. The van der Waals surface area contributed by atoms with E-state index in [0.29, 0.717) is 5.02 Å². The minimum absolute atomic E-state index is 0.0934. The largest absolute Gasteiger partial charge is 0.433 e. The molecule has 0 saturated carbocycles. The number of alkyl halides is 3. The molecule has 0 radical (unpaired) electrons. The molecule has 2 rings (SSSR count). The summed E-state index contributed by atoms with van der Waals surface area (Å²) >= 11 is 5.59. The minimum Gasteiger partial charge on any atom is -0.273 e. The van der Waals surface area contributed by atoms with Crippen LogP contribution in [0.4, 0.5) is 13.2 Å². The second-order valence-corrected chi connectivity index (χ2v) is 3.45. The van der Waals surface area contributed by atoms with E-state index < -0.39 is 11.9 Å². The van der Waals surface area contributed by atoms with Gasteiger partial charge >= 0.3 is 6.18 Å². The Morgan fingerprint density at radius 1 is 1.19 bits per heavy atom. The van der Waals surface area contributed by atoms with E-state index in [-0.39, 0.29) is 11.3 Å². The lowest BCUT2D eigenvalue weighted by Gasteiger charge is -2.06. The smallest absolute Gasteiger partial charge is 0.273 e. The number of rotatable bonds is 1. The van der Waals surface area contributed by atoms with Crippen molar-refractivity contribution in [2.24, 2.45) is 0 Å². The number of hydrogen-bond donors (Lipinski definition) is 1. The number of halogens is 4. The fourth-order valence-electron chi connectivity index (χ4n) is 1.23. The van der Waals surface area contributed by atoms with E-state index in [9.17, 15) is 13.2 Å². The Labute approximate surface area is 93.3 Å². The predicted octanol–water partition coefficient (Wildman–Crippen LogP) is 3.14. The van der Waals surface area contributed by atoms with Gasteiger partial charge in [0.2, 0.25) is 0 Å². The zero-order chi connectivity index (χ0) is 11.8. The van der Waals surface area contributed by atoms with Gasteiger partial charge in [-0.2, -0.15) is 18.3 Å². The van der Waals surface area contributed by atoms with Gasteiger partial charge in [-0.25, -0.2) is 0 Å². The molecule has 0 unspecified atom stereocenters. The Morgan fingerprint density at radius 3 is 2.50 bits per heavy atom. The van der Waals surface area contributed by atoms with Crippen molar-refractivity contribution < 1.29 is 13.2 Å². The lowest BCUT2D eigenvalue weighted by Crippen LogP contribution is -2.07. The van der Waals surface area contributed by atoms with Crippen LogP contribution in [0.15, 0.2) is 24.5 Å². The number of aromatic nitrogens is 3. The number of nitrogens with one attached hydrogen (secondary N) is 1. The maximum atomic E-state index is 12.5. The zero-order valence-corrected chi connectivity index (χ0v) is 8.47. The van der Waals surface area contributed by atoms with Crippen molar-refractivity contribution in [1.82, 2.24) is 15.2 Å². The van der Waals surface area contributed by atoms with Gasteiger partial charge in [-0.15, -0.1) is 0 Å². The summed E-state index contributed by atoms with van der Waals surface area (Å²) < 4.78 is 37.6. The molecular formula is C9H5ClF3N3. The molecule has 0 aromatic carbocycles. The van der Waals surface area contributed by atoms with Gasteiger partial charge in [0.1, 0.15) is 5.69 Å². The van der Waals surface area contributed by atoms with Crippen LogP contribution < -0.4 is 0 Å². The Morgan fingerprint density at radius 2 is 1.94 bits per heavy atom. The molecule has 0 aliphatic carbocycles. The molecule has 3 nitrogen and oxygen atoms in total. The average molecular weight is 248 g/mol. The van der Waals surface area contributed by atoms with E-state index in [1.54, 1.807) is 0 Å². The van der Waals surface area contributed by atoms with E-state index in [4.69, 9.17) is 11.6 Å². The zero-order valence-electron chi connectivity index (χ0n) is 7.72. The maximum absolute atomic E-state index is 12.5. The van der Waals surface area contributed by atoms with Crippen LogP contribution in [-0.2, 0) is 6.18 Å². The second-order valence-electron chi connectivity index (χ2n) is 3.02. The highest BCUT2D eigenvalue weighted by Gasteiger charge is 2.36. The number of aromatic amines is 1. The third kappa shape index (κ3) is 2.01. The van der Waals surface area contributed by atoms with Crippen molar-refractivity contribution >= 4 is 11.6 Å². The molecule has 16 heavy (non-hydrogen) atoms. The Hall–Kier alpha value is -1.56. The van der Waals surface area contributed by atoms with Crippen LogP contribution in [-0.4, -0.2) is 15.2 Å². The summed E-state index contributed by atoms with van der Waals surface area (Å²) in [4.78, 5) is 3.80. The van der Waals surface area contributed by atoms with E-state index in [1.807, 2.05) is 5.10 Å². The molecular weight excluding hydrogens is 243 g/mol. The summed E-state index contributed by atoms with van der Waals surface area (Å²) in [7, 11) is 0. The summed E-state index contributed by atoms with van der Waals surface area (Å²) in [5, 5.41) is 5.64. The Kier molecular flexibility index (Phi) is 2.59. The van der Waals surface area contributed by atoms with Crippen LogP contribution in [0.1, 0.15) is 5.69 Å². The van der Waals surface area contributed by atoms with Gasteiger partial charge in [-0.05, 0) is 12.1 Å². The lowest BCUT2D eigenvalue weighted by atomic mass is 10.1. The van der Waals surface area contributed by atoms with Crippen LogP contribution in [0.3, 0.4) is 0 Å². The summed E-state index contributed by atoms with van der Waals surface area (Å²) in [5.74, 6) is 0. The molecule has 1 N–H and O–H groups in total. The van der Waals surface area contributed by atoms with Gasteiger partial charge < -0.3 is 0 Å². The molecule has 0 saturated heterocycles. The Balaban J connectivity index is 2.49. The highest BCUT2D eigenvalue weighted by Crippen LogP contribution is 2.34. The van der Waals surface area contributed by atoms with Gasteiger partial charge in [-0.1, -0.05) is 11.6 Å². The van der Waals surface area contributed by atoms with Crippen molar-refractivity contribution in [2.45, 2.75) is 6.18 Å². The summed E-state index contributed by atoms with van der Waals surface area (Å²) in [5.41, 5.74) is -0.836. The third-order valence-corrected chi connectivity index (χ3v) is 2.15. The molecule has 2 aromatic rings. The first kappa shape index (κ1) is 10.9. The highest BCUT2D eigenvalue weighted by molar-refractivity contribution is 6.30. The van der Waals surface area contributed by atoms with E-state index >= 15 is 0 Å². The molecule has 0 spiro atoms. The van der Waals surface area contributed by atoms with Gasteiger partial charge in [0.15, 0.2) is 0 Å². The van der Waals surface area contributed by atoms with Gasteiger partial charge in [0.25, 0.3) is 0 Å². The average Bonchev–Trinajstić information content (AvgIpc) is 2.66. The fraction of sp³-hybridized carbons (Fsp3) is 0.111. The summed E-state index contributed by atoms with van der Waals surface area (Å²) in [6.45, 7) is 0. The molecule has 2 aromatic heterocycles. The monoisotopic (exact) mass is 247 g/mol. The van der Waals surface area contributed by atoms with Crippen molar-refractivity contribution in [3.8, 4) is 11.3 Å². The minimum atomic E-state index is -4.48. The summed E-state index contributed by atoms with van der Waals surface area (Å²) in [6, 6.07) is 2.87. The number of pyridine rings is 1. The predicted molar refractivity (Wildman–Crippen MR) is 51.8 cm³/mol. The van der Waals surface area contributed by atoms with Gasteiger partial charge in [-0.3, -0.25) is 10.1 Å². The standard InChI is InChI=1S/C9H5ClF3N3/c10-5-1-2-7(14-3-5)6-4-15-16-8(6)9(11,12)13/h1-4H,(H,15,16). The third-order valence-electron chi connectivity index (χ3n) is 1.93. The van der Waals surface area contributed by atoms with E-state index in [2.05, 4.69) is 10.1 Å². The summed E-state index contributed by atoms with van der Waals surface area (Å²) in [6.07, 6.45) is -2.11. The molecule has 7 heteroatoms. The molecule has 0 aliphatic rings. The number of nitrogens with zero attached hydrogens (tertiary/aromatic N) is 2. The van der Waals surface area contributed by atoms with E-state index in [0.717, 1.165) is 6.20 Å². The maximum Gasteiger partial charge on any atom is 0.433 e. The first-order chi connectivity index (χ1) is 7.48. The quantitative estimate of drug-likeness (QED) is 0.841. The highest BCUT2D eigenvalue weighted by atomic mass is 35.5. The first-order valence-corrected chi connectivity index (χ1v) is 4.59. The topological polar surface area (TPSA) is 41.6 Å². The van der Waals surface area contributed by atoms with Gasteiger partial charge in [0.05, 0.1) is 22.5 Å².